The standard InChI is InChI=1S/C53H29N5O/c54-30-40-48(31-15-3-1-4-16-31)55-53(56-49(40)32-17-5-2-6-18-32)37-27-28-44(52-46(37)36-22-10-14-26-45(36)59-52)58-42-24-12-8-20-34(42)39-29-38-33-19-7-11-23-41(33)57-43-25-13-9-21-35(43)47(50(38)57)51(39)58/h1-29H. The highest BCUT2D eigenvalue weighted by Gasteiger charge is 2.27. The van der Waals surface area contributed by atoms with Crippen LogP contribution in [0.4, 0.5) is 0 Å². The molecule has 0 saturated carbocycles. The highest BCUT2D eigenvalue weighted by Crippen LogP contribution is 2.48. The number of fused-ring (bicyclic) bond motifs is 13. The molecule has 0 aliphatic rings. The van der Waals surface area contributed by atoms with Gasteiger partial charge in [0.05, 0.1) is 44.7 Å². The zero-order chi connectivity index (χ0) is 38.8. The Bertz CT molecular complexity index is 3840. The minimum atomic E-state index is 0.434. The molecule has 6 heteroatoms. The van der Waals surface area contributed by atoms with Crippen molar-refractivity contribution in [3.8, 4) is 45.7 Å². The Hall–Kier alpha value is -8.27. The average Bonchev–Trinajstić information content (AvgIpc) is 4.05. The van der Waals surface area contributed by atoms with E-state index in [1.807, 2.05) is 78.9 Å². The van der Waals surface area contributed by atoms with Crippen molar-refractivity contribution in [2.75, 3.05) is 0 Å². The first-order valence-electron chi connectivity index (χ1n) is 19.7. The molecule has 0 spiro atoms. The van der Waals surface area contributed by atoms with E-state index in [1.165, 1.54) is 48.9 Å². The van der Waals surface area contributed by atoms with Crippen LogP contribution < -0.4 is 0 Å². The Balaban J connectivity index is 1.18. The van der Waals surface area contributed by atoms with E-state index in [9.17, 15) is 5.26 Å². The molecule has 6 nitrogen and oxygen atoms in total. The lowest BCUT2D eigenvalue weighted by atomic mass is 9.99. The van der Waals surface area contributed by atoms with Crippen molar-refractivity contribution in [2.24, 2.45) is 0 Å². The number of aromatic nitrogens is 4. The fourth-order valence-electron chi connectivity index (χ4n) is 9.68. The zero-order valence-electron chi connectivity index (χ0n) is 31.4. The topological polar surface area (TPSA) is 72.0 Å². The molecule has 5 aromatic heterocycles. The lowest BCUT2D eigenvalue weighted by Crippen LogP contribution is -2.02. The van der Waals surface area contributed by atoms with Gasteiger partial charge < -0.3 is 13.4 Å². The van der Waals surface area contributed by atoms with Gasteiger partial charge in [0.15, 0.2) is 11.4 Å². The van der Waals surface area contributed by atoms with Gasteiger partial charge in [0.25, 0.3) is 0 Å². The van der Waals surface area contributed by atoms with Gasteiger partial charge in [-0.15, -0.1) is 0 Å². The number of nitriles is 1. The van der Waals surface area contributed by atoms with Crippen molar-refractivity contribution in [1.82, 2.24) is 18.9 Å². The quantitative estimate of drug-likeness (QED) is 0.179. The van der Waals surface area contributed by atoms with E-state index < -0.39 is 0 Å². The van der Waals surface area contributed by atoms with Crippen LogP contribution >= 0.6 is 0 Å². The van der Waals surface area contributed by atoms with Crippen LogP contribution in [-0.2, 0) is 0 Å². The number of benzene rings is 8. The zero-order valence-corrected chi connectivity index (χ0v) is 31.4. The van der Waals surface area contributed by atoms with Crippen LogP contribution in [0.5, 0.6) is 0 Å². The highest BCUT2D eigenvalue weighted by molar-refractivity contribution is 6.34. The smallest absolute Gasteiger partial charge is 0.161 e. The van der Waals surface area contributed by atoms with Crippen LogP contribution in [0.1, 0.15) is 5.56 Å². The predicted octanol–water partition coefficient (Wildman–Crippen LogP) is 13.5. The summed E-state index contributed by atoms with van der Waals surface area (Å²) in [4.78, 5) is 10.5. The maximum absolute atomic E-state index is 10.6. The van der Waals surface area contributed by atoms with Crippen molar-refractivity contribution in [3.63, 3.8) is 0 Å². The second kappa shape index (κ2) is 11.9. The van der Waals surface area contributed by atoms with Gasteiger partial charge in [0.1, 0.15) is 17.2 Å². The van der Waals surface area contributed by atoms with E-state index in [1.54, 1.807) is 0 Å². The van der Waals surface area contributed by atoms with E-state index in [-0.39, 0.29) is 0 Å². The number of hydrogen-bond donors (Lipinski definition) is 0. The van der Waals surface area contributed by atoms with Gasteiger partial charge in [0.2, 0.25) is 0 Å². The summed E-state index contributed by atoms with van der Waals surface area (Å²) < 4.78 is 11.8. The molecule has 59 heavy (non-hydrogen) atoms. The van der Waals surface area contributed by atoms with E-state index in [0.29, 0.717) is 22.8 Å². The van der Waals surface area contributed by atoms with Gasteiger partial charge in [-0.2, -0.15) is 5.26 Å². The maximum Gasteiger partial charge on any atom is 0.161 e. The third-order valence-corrected chi connectivity index (χ3v) is 12.1. The van der Waals surface area contributed by atoms with E-state index in [0.717, 1.165) is 55.3 Å². The van der Waals surface area contributed by atoms with Crippen LogP contribution in [0.2, 0.25) is 0 Å². The molecule has 13 rings (SSSR count). The molecule has 0 N–H and O–H groups in total. The normalized spacial score (nSPS) is 12.1. The van der Waals surface area contributed by atoms with E-state index in [4.69, 9.17) is 14.4 Å². The summed E-state index contributed by atoms with van der Waals surface area (Å²) in [7, 11) is 0. The molecule has 0 fully saturated rings. The largest absolute Gasteiger partial charge is 0.454 e. The van der Waals surface area contributed by atoms with Crippen molar-refractivity contribution in [2.45, 2.75) is 0 Å². The molecule has 0 unspecified atom stereocenters. The molecule has 0 radical (unpaired) electrons. The molecule has 0 aliphatic carbocycles. The minimum absolute atomic E-state index is 0.434. The first-order chi connectivity index (χ1) is 29.3. The molecule has 8 aromatic carbocycles. The van der Waals surface area contributed by atoms with Crippen molar-refractivity contribution < 1.29 is 4.42 Å². The predicted molar refractivity (Wildman–Crippen MR) is 239 cm³/mol. The monoisotopic (exact) mass is 751 g/mol. The fraction of sp³-hybridized carbons (Fsp3) is 0. The van der Waals surface area contributed by atoms with Crippen LogP contribution in [0, 0.1) is 11.3 Å². The summed E-state index contributed by atoms with van der Waals surface area (Å²) in [6.45, 7) is 0. The molecule has 0 saturated heterocycles. The Labute approximate surface area is 336 Å². The van der Waals surface area contributed by atoms with Gasteiger partial charge in [-0.05, 0) is 42.5 Å². The number of nitrogens with zero attached hydrogens (tertiary/aromatic N) is 5. The summed E-state index contributed by atoms with van der Waals surface area (Å²) in [5.41, 5.74) is 12.4. The third-order valence-electron chi connectivity index (χ3n) is 12.1. The SMILES string of the molecule is N#Cc1c(-c2ccccc2)nc(-c2ccc(-n3c4ccccc4c4cc5c6ccccc6n6c7ccccc7c(c43)c56)c3oc4ccccc4c23)nc1-c1ccccc1. The Morgan fingerprint density at radius 3 is 1.69 bits per heavy atom. The Kier molecular flexibility index (Phi) is 6.42. The third kappa shape index (κ3) is 4.28. The van der Waals surface area contributed by atoms with E-state index in [2.05, 4.69) is 112 Å². The summed E-state index contributed by atoms with van der Waals surface area (Å²) in [6, 6.07) is 63.3. The molecule has 0 aliphatic heterocycles. The Morgan fingerprint density at radius 1 is 0.475 bits per heavy atom. The van der Waals surface area contributed by atoms with Gasteiger partial charge in [-0.1, -0.05) is 133 Å². The first-order valence-corrected chi connectivity index (χ1v) is 19.7. The molecule has 0 bridgehead atoms. The van der Waals surface area contributed by atoms with Crippen LogP contribution in [-0.4, -0.2) is 18.9 Å². The minimum Gasteiger partial charge on any atom is -0.454 e. The molecule has 0 atom stereocenters. The lowest BCUT2D eigenvalue weighted by Gasteiger charge is -2.14. The summed E-state index contributed by atoms with van der Waals surface area (Å²) >= 11 is 0. The number of furan rings is 1. The summed E-state index contributed by atoms with van der Waals surface area (Å²) in [6.07, 6.45) is 0. The molecular formula is C53H29N5O. The number of hydrogen-bond acceptors (Lipinski definition) is 4. The van der Waals surface area contributed by atoms with Crippen LogP contribution in [0.3, 0.4) is 0 Å². The van der Waals surface area contributed by atoms with E-state index >= 15 is 0 Å². The maximum atomic E-state index is 10.6. The van der Waals surface area contributed by atoms with Crippen molar-refractivity contribution in [1.29, 1.82) is 5.26 Å². The van der Waals surface area contributed by atoms with Crippen LogP contribution in [0.15, 0.2) is 180 Å². The second-order valence-corrected chi connectivity index (χ2v) is 15.2. The molecule has 272 valence electrons. The van der Waals surface area contributed by atoms with Gasteiger partial charge in [0, 0.05) is 59.8 Å². The van der Waals surface area contributed by atoms with Gasteiger partial charge in [-0.25, -0.2) is 9.97 Å². The lowest BCUT2D eigenvalue weighted by molar-refractivity contribution is 0.666. The molecular weight excluding hydrogens is 723 g/mol. The summed E-state index contributed by atoms with van der Waals surface area (Å²) in [5.74, 6) is 0.519. The van der Waals surface area contributed by atoms with Gasteiger partial charge >= 0.3 is 0 Å². The molecule has 0 amide bonds. The fourth-order valence-corrected chi connectivity index (χ4v) is 9.68. The van der Waals surface area contributed by atoms with Gasteiger partial charge in [-0.3, -0.25) is 0 Å². The first kappa shape index (κ1) is 31.9. The van der Waals surface area contributed by atoms with Crippen molar-refractivity contribution in [3.05, 3.63) is 181 Å². The second-order valence-electron chi connectivity index (χ2n) is 15.2. The summed E-state index contributed by atoms with van der Waals surface area (Å²) in [5, 5.41) is 19.8. The molecule has 5 heterocycles. The number of rotatable bonds is 4. The van der Waals surface area contributed by atoms with Crippen LogP contribution in [0.25, 0.3) is 121 Å². The highest BCUT2D eigenvalue weighted by atomic mass is 16.3. The average molecular weight is 752 g/mol. The van der Waals surface area contributed by atoms with Crippen molar-refractivity contribution >= 4 is 81.8 Å². The number of para-hydroxylation sites is 4. The Morgan fingerprint density at radius 2 is 1.02 bits per heavy atom. The molecule has 13 aromatic rings.